The molecule has 0 bridgehead atoms. The van der Waals surface area contributed by atoms with E-state index in [2.05, 4.69) is 15.9 Å². The first-order chi connectivity index (χ1) is 6.86. The summed E-state index contributed by atoms with van der Waals surface area (Å²) in [6.07, 6.45) is 0. The summed E-state index contributed by atoms with van der Waals surface area (Å²) in [6, 6.07) is 1.60. The second-order valence-corrected chi connectivity index (χ2v) is 4.01. The minimum absolute atomic E-state index is 0.150. The van der Waals surface area contributed by atoms with Crippen LogP contribution in [0.15, 0.2) is 10.5 Å². The predicted molar refractivity (Wildman–Crippen MR) is 57.2 cm³/mol. The van der Waals surface area contributed by atoms with Crippen LogP contribution in [0.5, 0.6) is 5.75 Å². The minimum Gasteiger partial charge on any atom is -0.507 e. The van der Waals surface area contributed by atoms with E-state index < -0.39 is 11.8 Å². The summed E-state index contributed by atoms with van der Waals surface area (Å²) in [5, 5.41) is 18.2. The van der Waals surface area contributed by atoms with Crippen molar-refractivity contribution in [3.05, 3.63) is 27.2 Å². The number of aromatic hydroxyl groups is 1. The van der Waals surface area contributed by atoms with Crippen molar-refractivity contribution in [3.63, 3.8) is 0 Å². The van der Waals surface area contributed by atoms with Crippen molar-refractivity contribution >= 4 is 27.7 Å². The fourth-order valence-corrected chi connectivity index (χ4v) is 1.78. The van der Waals surface area contributed by atoms with Gasteiger partial charge in [0.2, 0.25) is 0 Å². The Bertz CT molecular complexity index is 451. The number of aryl methyl sites for hydroxylation is 1. The molecular formula is C10H9BrO4. The number of carboxylic acids is 1. The van der Waals surface area contributed by atoms with Crippen molar-refractivity contribution in [1.29, 1.82) is 0 Å². The maximum Gasteiger partial charge on any atom is 0.377 e. The Morgan fingerprint density at radius 3 is 2.33 bits per heavy atom. The van der Waals surface area contributed by atoms with E-state index >= 15 is 0 Å². The molecule has 0 aliphatic rings. The van der Waals surface area contributed by atoms with Crippen LogP contribution >= 0.6 is 15.9 Å². The molecule has 0 saturated heterocycles. The van der Waals surface area contributed by atoms with Crippen LogP contribution in [0.4, 0.5) is 0 Å². The lowest BCUT2D eigenvalue weighted by atomic mass is 10.0. The summed E-state index contributed by atoms with van der Waals surface area (Å²) in [5.74, 6) is -2.95. The van der Waals surface area contributed by atoms with Gasteiger partial charge in [0.15, 0.2) is 0 Å². The zero-order chi connectivity index (χ0) is 11.7. The van der Waals surface area contributed by atoms with Crippen LogP contribution in [0, 0.1) is 13.8 Å². The third-order valence-corrected chi connectivity index (χ3v) is 2.93. The number of carbonyl (C=O) groups is 2. The Hall–Kier alpha value is -1.36. The van der Waals surface area contributed by atoms with Crippen molar-refractivity contribution in [2.45, 2.75) is 13.8 Å². The lowest BCUT2D eigenvalue weighted by Crippen LogP contribution is -2.14. The molecule has 5 heteroatoms. The first kappa shape index (κ1) is 11.7. The Kier molecular flexibility index (Phi) is 3.14. The fourth-order valence-electron chi connectivity index (χ4n) is 1.25. The largest absolute Gasteiger partial charge is 0.507 e. The van der Waals surface area contributed by atoms with E-state index in [4.69, 9.17) is 5.11 Å². The maximum absolute atomic E-state index is 11.3. The average molecular weight is 273 g/mol. The van der Waals surface area contributed by atoms with Gasteiger partial charge in [-0.15, -0.1) is 0 Å². The molecular weight excluding hydrogens is 264 g/mol. The second kappa shape index (κ2) is 4.02. The molecule has 0 aliphatic heterocycles. The van der Waals surface area contributed by atoms with Crippen molar-refractivity contribution in [2.75, 3.05) is 0 Å². The molecule has 0 spiro atoms. The first-order valence-electron chi connectivity index (χ1n) is 4.12. The molecule has 0 fully saturated rings. The summed E-state index contributed by atoms with van der Waals surface area (Å²) in [5.41, 5.74) is 0.728. The van der Waals surface area contributed by atoms with Crippen LogP contribution in [-0.2, 0) is 4.79 Å². The number of halogens is 1. The van der Waals surface area contributed by atoms with Gasteiger partial charge < -0.3 is 10.2 Å². The van der Waals surface area contributed by atoms with Gasteiger partial charge in [-0.05, 0) is 25.5 Å². The number of aliphatic carboxylic acids is 1. The zero-order valence-corrected chi connectivity index (χ0v) is 9.75. The standard InChI is InChI=1S/C10H9BrO4/c1-4-3-6(11)5(2)8(12)7(4)9(13)10(14)15/h3,12H,1-2H3,(H,14,15). The second-order valence-electron chi connectivity index (χ2n) is 3.16. The molecule has 4 nitrogen and oxygen atoms in total. The molecule has 1 aromatic rings. The molecule has 0 saturated carbocycles. The molecule has 0 amide bonds. The maximum atomic E-state index is 11.3. The van der Waals surface area contributed by atoms with E-state index in [1.54, 1.807) is 19.9 Å². The molecule has 80 valence electrons. The predicted octanol–water partition coefficient (Wildman–Crippen LogP) is 2.04. The third kappa shape index (κ3) is 2.02. The molecule has 0 aromatic heterocycles. The number of Topliss-reactive ketones (excluding diaryl/α,β-unsaturated/α-hetero) is 1. The number of phenols is 1. The van der Waals surface area contributed by atoms with Gasteiger partial charge in [0, 0.05) is 10.0 Å². The van der Waals surface area contributed by atoms with Crippen molar-refractivity contribution in [3.8, 4) is 5.75 Å². The summed E-state index contributed by atoms with van der Waals surface area (Å²) in [4.78, 5) is 21.8. The average Bonchev–Trinajstić information content (AvgIpc) is 2.14. The number of phenolic OH excluding ortho intramolecular Hbond substituents is 1. The number of hydrogen-bond acceptors (Lipinski definition) is 3. The van der Waals surface area contributed by atoms with Gasteiger partial charge in [0.05, 0.1) is 5.56 Å². The summed E-state index contributed by atoms with van der Waals surface area (Å²) < 4.78 is 0.638. The van der Waals surface area contributed by atoms with Crippen LogP contribution in [0.3, 0.4) is 0 Å². The Morgan fingerprint density at radius 1 is 1.33 bits per heavy atom. The van der Waals surface area contributed by atoms with E-state index in [0.29, 0.717) is 15.6 Å². The van der Waals surface area contributed by atoms with Gasteiger partial charge >= 0.3 is 5.97 Å². The van der Waals surface area contributed by atoms with Crippen LogP contribution in [0.2, 0.25) is 0 Å². The van der Waals surface area contributed by atoms with Crippen molar-refractivity contribution in [1.82, 2.24) is 0 Å². The van der Waals surface area contributed by atoms with Crippen LogP contribution in [0.1, 0.15) is 21.5 Å². The Labute approximate surface area is 94.7 Å². The van der Waals surface area contributed by atoms with Crippen LogP contribution in [-0.4, -0.2) is 22.0 Å². The first-order valence-corrected chi connectivity index (χ1v) is 4.91. The molecule has 0 atom stereocenters. The highest BCUT2D eigenvalue weighted by Crippen LogP contribution is 2.32. The smallest absolute Gasteiger partial charge is 0.377 e. The molecule has 0 unspecified atom stereocenters. The quantitative estimate of drug-likeness (QED) is 0.638. The highest BCUT2D eigenvalue weighted by Gasteiger charge is 2.23. The van der Waals surface area contributed by atoms with Gasteiger partial charge in [-0.2, -0.15) is 0 Å². The Morgan fingerprint density at radius 2 is 1.87 bits per heavy atom. The molecule has 1 rings (SSSR count). The molecule has 0 radical (unpaired) electrons. The molecule has 2 N–H and O–H groups in total. The molecule has 15 heavy (non-hydrogen) atoms. The normalized spacial score (nSPS) is 10.1. The minimum atomic E-state index is -1.57. The molecule has 1 aromatic carbocycles. The SMILES string of the molecule is Cc1cc(Br)c(C)c(O)c1C(=O)C(=O)O. The van der Waals surface area contributed by atoms with E-state index in [0.717, 1.165) is 0 Å². The highest BCUT2D eigenvalue weighted by molar-refractivity contribution is 9.10. The van der Waals surface area contributed by atoms with Crippen LogP contribution in [0.25, 0.3) is 0 Å². The van der Waals surface area contributed by atoms with Crippen LogP contribution < -0.4 is 0 Å². The van der Waals surface area contributed by atoms with Crippen molar-refractivity contribution in [2.24, 2.45) is 0 Å². The third-order valence-electron chi connectivity index (χ3n) is 2.11. The van der Waals surface area contributed by atoms with E-state index in [1.165, 1.54) is 0 Å². The van der Waals surface area contributed by atoms with Gasteiger partial charge in [0.25, 0.3) is 5.78 Å². The lowest BCUT2D eigenvalue weighted by molar-refractivity contribution is -0.131. The summed E-state index contributed by atoms with van der Waals surface area (Å²) >= 11 is 3.20. The van der Waals surface area contributed by atoms with E-state index in [9.17, 15) is 14.7 Å². The fraction of sp³-hybridized carbons (Fsp3) is 0.200. The molecule has 0 aliphatic carbocycles. The number of benzene rings is 1. The number of rotatable bonds is 2. The van der Waals surface area contributed by atoms with Gasteiger partial charge in [-0.1, -0.05) is 15.9 Å². The monoisotopic (exact) mass is 272 g/mol. The topological polar surface area (TPSA) is 74.6 Å². The number of hydrogen-bond donors (Lipinski definition) is 2. The Balaban J connectivity index is 3.49. The number of carbonyl (C=O) groups excluding carboxylic acids is 1. The van der Waals surface area contributed by atoms with Crippen molar-refractivity contribution < 1.29 is 19.8 Å². The number of carboxylic acid groups (broad SMARTS) is 1. The van der Waals surface area contributed by atoms with E-state index in [1.807, 2.05) is 0 Å². The van der Waals surface area contributed by atoms with Gasteiger partial charge in [-0.3, -0.25) is 4.79 Å². The highest BCUT2D eigenvalue weighted by atomic mass is 79.9. The summed E-state index contributed by atoms with van der Waals surface area (Å²) in [6.45, 7) is 3.16. The lowest BCUT2D eigenvalue weighted by Gasteiger charge is -2.09. The zero-order valence-electron chi connectivity index (χ0n) is 8.17. The number of ketones is 1. The summed E-state index contributed by atoms with van der Waals surface area (Å²) in [7, 11) is 0. The van der Waals surface area contributed by atoms with Gasteiger partial charge in [0.1, 0.15) is 5.75 Å². The molecule has 0 heterocycles. The van der Waals surface area contributed by atoms with Gasteiger partial charge in [-0.25, -0.2) is 4.79 Å². The van der Waals surface area contributed by atoms with E-state index in [-0.39, 0.29) is 11.3 Å².